The third-order valence-corrected chi connectivity index (χ3v) is 7.96. The van der Waals surface area contributed by atoms with E-state index in [2.05, 4.69) is 36.4 Å². The standard InChI is InChI=1S/C23H26BrN5O3S/c1-17-15-22(20-7-2-3-8-21(20)26-17)27-23(30)25-9-10-28-11-13-29(14-12-28)33(31,32)19-6-4-5-18(24)16-19/h2-8,15-16H,9-14H2,1H3,(H2,25,26,27,30). The maximum Gasteiger partial charge on any atom is 0.319 e. The van der Waals surface area contributed by atoms with Gasteiger partial charge >= 0.3 is 6.03 Å². The predicted molar refractivity (Wildman–Crippen MR) is 133 cm³/mol. The first-order valence-corrected chi connectivity index (χ1v) is 13.0. The lowest BCUT2D eigenvalue weighted by Gasteiger charge is -2.34. The summed E-state index contributed by atoms with van der Waals surface area (Å²) in [6.07, 6.45) is 0. The van der Waals surface area contributed by atoms with Crippen molar-refractivity contribution in [3.63, 3.8) is 0 Å². The number of aryl methyl sites for hydroxylation is 1. The number of fused-ring (bicyclic) bond motifs is 1. The fourth-order valence-corrected chi connectivity index (χ4v) is 5.89. The van der Waals surface area contributed by atoms with E-state index >= 15 is 0 Å². The first-order chi connectivity index (χ1) is 15.8. The van der Waals surface area contributed by atoms with E-state index in [1.54, 1.807) is 24.3 Å². The predicted octanol–water partition coefficient (Wildman–Crippen LogP) is 3.43. The molecule has 0 unspecified atom stereocenters. The van der Waals surface area contributed by atoms with Crippen molar-refractivity contribution in [2.24, 2.45) is 0 Å². The summed E-state index contributed by atoms with van der Waals surface area (Å²) >= 11 is 3.33. The number of amides is 2. The zero-order valence-electron chi connectivity index (χ0n) is 18.3. The van der Waals surface area contributed by atoms with Crippen LogP contribution in [0.15, 0.2) is 64.0 Å². The third kappa shape index (κ3) is 5.70. The molecule has 0 bridgehead atoms. The number of hydrogen-bond acceptors (Lipinski definition) is 5. The average Bonchev–Trinajstić information content (AvgIpc) is 2.79. The first kappa shape index (κ1) is 23.6. The Bertz CT molecular complexity index is 1260. The van der Waals surface area contributed by atoms with Crippen LogP contribution in [0, 0.1) is 6.92 Å². The minimum Gasteiger partial charge on any atom is -0.337 e. The molecule has 8 nitrogen and oxygen atoms in total. The van der Waals surface area contributed by atoms with Crippen molar-refractivity contribution in [2.75, 3.05) is 44.6 Å². The van der Waals surface area contributed by atoms with Crippen molar-refractivity contribution < 1.29 is 13.2 Å². The molecule has 0 atom stereocenters. The van der Waals surface area contributed by atoms with Gasteiger partial charge in [0.1, 0.15) is 0 Å². The van der Waals surface area contributed by atoms with Gasteiger partial charge in [-0.15, -0.1) is 0 Å². The second-order valence-electron chi connectivity index (χ2n) is 7.91. The van der Waals surface area contributed by atoms with Crippen molar-refractivity contribution >= 4 is 48.6 Å². The molecule has 0 saturated carbocycles. The molecular formula is C23H26BrN5O3S. The van der Waals surface area contributed by atoms with Crippen LogP contribution in [-0.4, -0.2) is 67.9 Å². The zero-order chi connectivity index (χ0) is 23.4. The number of para-hydroxylation sites is 1. The van der Waals surface area contributed by atoms with Gasteiger partial charge in [-0.1, -0.05) is 40.2 Å². The number of pyridine rings is 1. The summed E-state index contributed by atoms with van der Waals surface area (Å²) in [5, 5.41) is 6.69. The van der Waals surface area contributed by atoms with E-state index < -0.39 is 10.0 Å². The lowest BCUT2D eigenvalue weighted by atomic mass is 10.1. The normalized spacial score (nSPS) is 15.5. The quantitative estimate of drug-likeness (QED) is 0.508. The second kappa shape index (κ2) is 10.2. The van der Waals surface area contributed by atoms with E-state index in [9.17, 15) is 13.2 Å². The summed E-state index contributed by atoms with van der Waals surface area (Å²) in [7, 11) is -3.51. The highest BCUT2D eigenvalue weighted by Gasteiger charge is 2.28. The number of piperazine rings is 1. The molecule has 2 amide bonds. The smallest absolute Gasteiger partial charge is 0.319 e. The molecule has 0 spiro atoms. The molecule has 1 saturated heterocycles. The fourth-order valence-electron chi connectivity index (χ4n) is 3.88. The highest BCUT2D eigenvalue weighted by molar-refractivity contribution is 9.10. The van der Waals surface area contributed by atoms with Crippen molar-refractivity contribution in [1.29, 1.82) is 0 Å². The number of benzene rings is 2. The molecule has 0 aliphatic carbocycles. The number of rotatable bonds is 6. The second-order valence-corrected chi connectivity index (χ2v) is 10.8. The first-order valence-electron chi connectivity index (χ1n) is 10.7. The third-order valence-electron chi connectivity index (χ3n) is 5.57. The number of hydrogen-bond donors (Lipinski definition) is 2. The van der Waals surface area contributed by atoms with Crippen molar-refractivity contribution in [3.8, 4) is 0 Å². The molecule has 1 aromatic heterocycles. The van der Waals surface area contributed by atoms with E-state index in [0.29, 0.717) is 44.2 Å². The molecule has 1 aliphatic rings. The topological polar surface area (TPSA) is 94.6 Å². The van der Waals surface area contributed by atoms with Crippen LogP contribution in [0.4, 0.5) is 10.5 Å². The van der Waals surface area contributed by atoms with Gasteiger partial charge in [0.15, 0.2) is 0 Å². The Labute approximate surface area is 202 Å². The Morgan fingerprint density at radius 3 is 2.58 bits per heavy atom. The van der Waals surface area contributed by atoms with Gasteiger partial charge in [-0.25, -0.2) is 13.2 Å². The fraction of sp³-hybridized carbons (Fsp3) is 0.304. The van der Waals surface area contributed by atoms with E-state index in [0.717, 1.165) is 26.8 Å². The molecule has 10 heteroatoms. The Kier molecular flexibility index (Phi) is 7.28. The number of nitrogens with zero attached hydrogens (tertiary/aromatic N) is 3. The molecule has 1 fully saturated rings. The van der Waals surface area contributed by atoms with Gasteiger partial charge in [-0.05, 0) is 37.3 Å². The van der Waals surface area contributed by atoms with Crippen LogP contribution in [0.5, 0.6) is 0 Å². The van der Waals surface area contributed by atoms with Gasteiger partial charge in [0.2, 0.25) is 10.0 Å². The SMILES string of the molecule is Cc1cc(NC(=O)NCCN2CCN(S(=O)(=O)c3cccc(Br)c3)CC2)c2ccccc2n1. The molecule has 3 aromatic rings. The van der Waals surface area contributed by atoms with E-state index in [1.165, 1.54) is 4.31 Å². The summed E-state index contributed by atoms with van der Waals surface area (Å²) in [4.78, 5) is 19.4. The summed E-state index contributed by atoms with van der Waals surface area (Å²) in [5.41, 5.74) is 2.39. The van der Waals surface area contributed by atoms with Gasteiger partial charge in [0.05, 0.1) is 16.1 Å². The molecule has 2 N–H and O–H groups in total. The number of sulfonamides is 1. The Morgan fingerprint density at radius 1 is 1.06 bits per heavy atom. The monoisotopic (exact) mass is 531 g/mol. The van der Waals surface area contributed by atoms with E-state index in [1.807, 2.05) is 37.3 Å². The number of halogens is 1. The average molecular weight is 532 g/mol. The van der Waals surface area contributed by atoms with Crippen LogP contribution in [0.2, 0.25) is 0 Å². The Balaban J connectivity index is 1.26. The molecule has 1 aliphatic heterocycles. The van der Waals surface area contributed by atoms with E-state index in [4.69, 9.17) is 0 Å². The highest BCUT2D eigenvalue weighted by Crippen LogP contribution is 2.23. The number of carbonyl (C=O) groups is 1. The van der Waals surface area contributed by atoms with Crippen LogP contribution >= 0.6 is 15.9 Å². The van der Waals surface area contributed by atoms with Gasteiger partial charge in [-0.3, -0.25) is 9.88 Å². The van der Waals surface area contributed by atoms with Crippen LogP contribution in [0.1, 0.15) is 5.69 Å². The molecular weight excluding hydrogens is 506 g/mol. The lowest BCUT2D eigenvalue weighted by molar-refractivity contribution is 0.189. The maximum atomic E-state index is 12.9. The summed E-state index contributed by atoms with van der Waals surface area (Å²) in [5.74, 6) is 0. The maximum absolute atomic E-state index is 12.9. The number of nitrogens with one attached hydrogen (secondary N) is 2. The van der Waals surface area contributed by atoms with Gasteiger partial charge < -0.3 is 10.6 Å². The van der Waals surface area contributed by atoms with Crippen LogP contribution in [0.3, 0.4) is 0 Å². The molecule has 4 rings (SSSR count). The van der Waals surface area contributed by atoms with Crippen molar-refractivity contribution in [1.82, 2.24) is 19.5 Å². The largest absolute Gasteiger partial charge is 0.337 e. The van der Waals surface area contributed by atoms with Crippen LogP contribution in [0.25, 0.3) is 10.9 Å². The molecule has 2 aromatic carbocycles. The minimum atomic E-state index is -3.51. The van der Waals surface area contributed by atoms with Gasteiger partial charge in [-0.2, -0.15) is 4.31 Å². The van der Waals surface area contributed by atoms with Crippen LogP contribution in [-0.2, 0) is 10.0 Å². The number of urea groups is 1. The van der Waals surface area contributed by atoms with E-state index in [-0.39, 0.29) is 6.03 Å². The molecule has 174 valence electrons. The van der Waals surface area contributed by atoms with Gasteiger partial charge in [0.25, 0.3) is 0 Å². The summed E-state index contributed by atoms with van der Waals surface area (Å²) < 4.78 is 28.0. The summed E-state index contributed by atoms with van der Waals surface area (Å²) in [6, 6.07) is 16.0. The summed E-state index contributed by atoms with van der Waals surface area (Å²) in [6.45, 7) is 5.08. The molecule has 33 heavy (non-hydrogen) atoms. The highest BCUT2D eigenvalue weighted by atomic mass is 79.9. The minimum absolute atomic E-state index is 0.276. The number of carbonyl (C=O) groups excluding carboxylic acids is 1. The Morgan fingerprint density at radius 2 is 1.82 bits per heavy atom. The Hall–Kier alpha value is -2.53. The van der Waals surface area contributed by atoms with Crippen molar-refractivity contribution in [2.45, 2.75) is 11.8 Å². The lowest BCUT2D eigenvalue weighted by Crippen LogP contribution is -2.50. The molecule has 2 heterocycles. The number of aromatic nitrogens is 1. The van der Waals surface area contributed by atoms with Gasteiger partial charge in [0, 0.05) is 54.8 Å². The van der Waals surface area contributed by atoms with Crippen LogP contribution < -0.4 is 10.6 Å². The zero-order valence-corrected chi connectivity index (χ0v) is 20.7. The molecule has 0 radical (unpaired) electrons. The number of anilines is 1. The van der Waals surface area contributed by atoms with Crippen molar-refractivity contribution in [3.05, 3.63) is 64.8 Å².